The molecule has 0 aliphatic heterocycles. The molecular weight excluding hydrogens is 447 g/mol. The molecule has 2 aliphatic rings. The summed E-state index contributed by atoms with van der Waals surface area (Å²) in [6.45, 7) is 0. The molecule has 0 radical (unpaired) electrons. The number of nitrogens with zero attached hydrogens (tertiary/aromatic N) is 4. The Morgan fingerprint density at radius 3 is 2.41 bits per heavy atom. The Hall–Kier alpha value is -3.37. The normalized spacial score (nSPS) is 21.1. The van der Waals surface area contributed by atoms with Crippen molar-refractivity contribution in [1.82, 2.24) is 19.5 Å². The lowest BCUT2D eigenvalue weighted by atomic mass is 9.85. The molecule has 2 saturated carbocycles. The maximum Gasteiger partial charge on any atom is 0.224 e. The van der Waals surface area contributed by atoms with Gasteiger partial charge in [-0.3, -0.25) is 9.36 Å². The Morgan fingerprint density at radius 2 is 1.71 bits per heavy atom. The maximum atomic E-state index is 14.4. The van der Waals surface area contributed by atoms with Crippen molar-refractivity contribution in [2.75, 3.05) is 10.6 Å². The number of halogens is 3. The fourth-order valence-electron chi connectivity index (χ4n) is 5.02. The number of imidazole rings is 1. The van der Waals surface area contributed by atoms with Gasteiger partial charge in [0.15, 0.2) is 17.3 Å². The molecule has 3 aromatic rings. The summed E-state index contributed by atoms with van der Waals surface area (Å²) < 4.78 is 44.4. The molecular formula is C23H26F3N7O. The highest BCUT2D eigenvalue weighted by Gasteiger charge is 2.30. The summed E-state index contributed by atoms with van der Waals surface area (Å²) in [6, 6.07) is 1.75. The first-order valence-electron chi connectivity index (χ1n) is 11.6. The molecule has 0 saturated heterocycles. The molecule has 2 fully saturated rings. The van der Waals surface area contributed by atoms with Gasteiger partial charge >= 0.3 is 0 Å². The van der Waals surface area contributed by atoms with Gasteiger partial charge in [-0.15, -0.1) is 0 Å². The third kappa shape index (κ3) is 4.26. The van der Waals surface area contributed by atoms with E-state index >= 15 is 0 Å². The molecule has 1 aromatic carbocycles. The largest absolute Gasteiger partial charge is 0.369 e. The number of aromatic nitrogens is 4. The van der Waals surface area contributed by atoms with E-state index in [0.717, 1.165) is 37.8 Å². The lowest BCUT2D eigenvalue weighted by Crippen LogP contribution is -2.29. The van der Waals surface area contributed by atoms with Gasteiger partial charge in [-0.05, 0) is 50.7 Å². The molecule has 5 rings (SSSR count). The van der Waals surface area contributed by atoms with Gasteiger partial charge in [0.2, 0.25) is 17.8 Å². The minimum atomic E-state index is -1.33. The number of fused-ring (bicyclic) bond motifs is 1. The van der Waals surface area contributed by atoms with E-state index in [4.69, 9.17) is 5.73 Å². The topological polar surface area (TPSA) is 111 Å². The average Bonchev–Trinajstić information content (AvgIpc) is 3.46. The van der Waals surface area contributed by atoms with Gasteiger partial charge in [-0.2, -0.15) is 4.98 Å². The highest BCUT2D eigenvalue weighted by molar-refractivity contribution is 5.78. The molecule has 11 heteroatoms. The Kier molecular flexibility index (Phi) is 6.01. The fourth-order valence-corrected chi connectivity index (χ4v) is 5.02. The molecule has 180 valence electrons. The first-order chi connectivity index (χ1) is 16.4. The van der Waals surface area contributed by atoms with Crippen LogP contribution in [-0.2, 0) is 4.79 Å². The van der Waals surface area contributed by atoms with E-state index in [1.54, 1.807) is 10.8 Å². The summed E-state index contributed by atoms with van der Waals surface area (Å²) in [5.74, 6) is -3.39. The zero-order chi connectivity index (χ0) is 23.8. The molecule has 0 atom stereocenters. The van der Waals surface area contributed by atoms with Crippen molar-refractivity contribution in [3.8, 4) is 0 Å². The lowest BCUT2D eigenvalue weighted by Gasteiger charge is -2.29. The first kappa shape index (κ1) is 22.4. The van der Waals surface area contributed by atoms with Crippen LogP contribution in [0, 0.1) is 23.4 Å². The summed E-state index contributed by atoms with van der Waals surface area (Å²) in [5, 5.41) is 6.00. The third-order valence-electron chi connectivity index (χ3n) is 6.87. The van der Waals surface area contributed by atoms with Crippen LogP contribution in [-0.4, -0.2) is 31.5 Å². The number of nitrogens with two attached hydrogens (primary N) is 1. The monoisotopic (exact) mass is 473 g/mol. The summed E-state index contributed by atoms with van der Waals surface area (Å²) in [4.78, 5) is 25.1. The van der Waals surface area contributed by atoms with Gasteiger partial charge in [0, 0.05) is 18.0 Å². The molecule has 0 bridgehead atoms. The second-order valence-electron chi connectivity index (χ2n) is 9.08. The Bertz CT molecular complexity index is 1220. The summed E-state index contributed by atoms with van der Waals surface area (Å²) in [6.07, 6.45) is 8.34. The van der Waals surface area contributed by atoms with Gasteiger partial charge in [-0.1, -0.05) is 12.8 Å². The fraction of sp³-hybridized carbons (Fsp3) is 0.478. The Morgan fingerprint density at radius 1 is 1.00 bits per heavy atom. The van der Waals surface area contributed by atoms with E-state index in [2.05, 4.69) is 25.6 Å². The second-order valence-corrected chi connectivity index (χ2v) is 9.08. The van der Waals surface area contributed by atoms with Crippen molar-refractivity contribution in [1.29, 1.82) is 0 Å². The number of primary amides is 1. The second kappa shape index (κ2) is 9.11. The number of hydrogen-bond donors (Lipinski definition) is 3. The van der Waals surface area contributed by atoms with Gasteiger partial charge < -0.3 is 16.4 Å². The first-order valence-corrected chi connectivity index (χ1v) is 11.6. The number of amides is 1. The number of hydrogen-bond acceptors (Lipinski definition) is 6. The number of carbonyl (C=O) groups excluding carboxylic acids is 1. The molecule has 2 heterocycles. The Balaban J connectivity index is 1.54. The molecule has 2 aliphatic carbocycles. The summed E-state index contributed by atoms with van der Waals surface area (Å²) in [7, 11) is 0. The number of nitrogens with one attached hydrogen (secondary N) is 2. The molecule has 8 nitrogen and oxygen atoms in total. The van der Waals surface area contributed by atoms with Crippen LogP contribution in [0.15, 0.2) is 18.3 Å². The summed E-state index contributed by atoms with van der Waals surface area (Å²) >= 11 is 0. The van der Waals surface area contributed by atoms with E-state index in [9.17, 15) is 18.0 Å². The summed E-state index contributed by atoms with van der Waals surface area (Å²) in [5.41, 5.74) is 5.79. The van der Waals surface area contributed by atoms with Crippen molar-refractivity contribution in [2.24, 2.45) is 11.7 Å². The lowest BCUT2D eigenvalue weighted by molar-refractivity contribution is -0.122. The predicted molar refractivity (Wildman–Crippen MR) is 121 cm³/mol. The standard InChI is InChI=1S/C23H26F3N7O/c24-15-9-10-16(25)19(18(15)26)31-23-30-17-11-28-22(29-13-3-1-2-4-13)32-21(17)33(23)14-7-5-12(6-8-14)20(27)34/h9-14H,1-8H2,(H2,27,34)(H,30,31)(H,28,29,32)/t12-,14-. The molecule has 4 N–H and O–H groups in total. The maximum absolute atomic E-state index is 14.4. The van der Waals surface area contributed by atoms with E-state index in [0.29, 0.717) is 48.8 Å². The van der Waals surface area contributed by atoms with Crippen LogP contribution in [0.4, 0.5) is 30.8 Å². The smallest absolute Gasteiger partial charge is 0.224 e. The zero-order valence-electron chi connectivity index (χ0n) is 18.5. The number of benzene rings is 1. The zero-order valence-corrected chi connectivity index (χ0v) is 18.5. The molecule has 0 spiro atoms. The Labute approximate surface area is 194 Å². The number of carbonyl (C=O) groups is 1. The van der Waals surface area contributed by atoms with Crippen molar-refractivity contribution >= 4 is 34.7 Å². The minimum absolute atomic E-state index is 0.133. The van der Waals surface area contributed by atoms with Crippen LogP contribution in [0.25, 0.3) is 11.2 Å². The minimum Gasteiger partial charge on any atom is -0.369 e. The average molecular weight is 474 g/mol. The van der Waals surface area contributed by atoms with E-state index < -0.39 is 23.1 Å². The van der Waals surface area contributed by atoms with Crippen molar-refractivity contribution in [3.63, 3.8) is 0 Å². The molecule has 34 heavy (non-hydrogen) atoms. The van der Waals surface area contributed by atoms with E-state index in [1.165, 1.54) is 0 Å². The van der Waals surface area contributed by atoms with Crippen LogP contribution in [0.3, 0.4) is 0 Å². The third-order valence-corrected chi connectivity index (χ3v) is 6.87. The van der Waals surface area contributed by atoms with Gasteiger partial charge in [0.05, 0.1) is 6.20 Å². The van der Waals surface area contributed by atoms with Crippen LogP contribution in [0.1, 0.15) is 57.4 Å². The molecule has 2 aromatic heterocycles. The quantitative estimate of drug-likeness (QED) is 0.453. The van der Waals surface area contributed by atoms with Crippen LogP contribution >= 0.6 is 0 Å². The molecule has 0 unspecified atom stereocenters. The van der Waals surface area contributed by atoms with Gasteiger partial charge in [0.1, 0.15) is 17.0 Å². The highest BCUT2D eigenvalue weighted by Crippen LogP contribution is 2.37. The number of anilines is 3. The van der Waals surface area contributed by atoms with Gasteiger partial charge in [-0.25, -0.2) is 23.1 Å². The van der Waals surface area contributed by atoms with Crippen LogP contribution in [0.2, 0.25) is 0 Å². The van der Waals surface area contributed by atoms with Crippen LogP contribution < -0.4 is 16.4 Å². The van der Waals surface area contributed by atoms with Crippen LogP contribution in [0.5, 0.6) is 0 Å². The number of rotatable bonds is 6. The van der Waals surface area contributed by atoms with Crippen molar-refractivity contribution < 1.29 is 18.0 Å². The van der Waals surface area contributed by atoms with E-state index in [1.807, 2.05) is 0 Å². The SMILES string of the molecule is NC(=O)[C@H]1CC[C@H](n2c(Nc3c(F)ccc(F)c3F)nc3cnc(NC4CCCC4)nc32)CC1. The highest BCUT2D eigenvalue weighted by atomic mass is 19.2. The van der Waals surface area contributed by atoms with Crippen molar-refractivity contribution in [2.45, 2.75) is 63.5 Å². The van der Waals surface area contributed by atoms with E-state index in [-0.39, 0.29) is 23.8 Å². The van der Waals surface area contributed by atoms with Crippen molar-refractivity contribution in [3.05, 3.63) is 35.8 Å². The van der Waals surface area contributed by atoms with Gasteiger partial charge in [0.25, 0.3) is 0 Å². The molecule has 1 amide bonds. The predicted octanol–water partition coefficient (Wildman–Crippen LogP) is 4.56.